The van der Waals surface area contributed by atoms with E-state index in [1.807, 2.05) is 37.3 Å². The molecule has 0 heterocycles. The van der Waals surface area contributed by atoms with Crippen LogP contribution in [0.1, 0.15) is 35.9 Å². The molecule has 3 aromatic carbocycles. The topological polar surface area (TPSA) is 132 Å². The van der Waals surface area contributed by atoms with Gasteiger partial charge in [-0.05, 0) is 36.8 Å². The van der Waals surface area contributed by atoms with Gasteiger partial charge >= 0.3 is 5.97 Å². The van der Waals surface area contributed by atoms with Crippen molar-refractivity contribution >= 4 is 16.1 Å². The van der Waals surface area contributed by atoms with Crippen LogP contribution in [0.5, 0.6) is 0 Å². The molecular formula is C24H28O7S. The molecule has 172 valence electrons. The highest BCUT2D eigenvalue weighted by Crippen LogP contribution is 2.23. The van der Waals surface area contributed by atoms with E-state index in [-0.39, 0.29) is 10.8 Å². The van der Waals surface area contributed by atoms with E-state index < -0.39 is 28.3 Å². The minimum atomic E-state index is -4.00. The van der Waals surface area contributed by atoms with Gasteiger partial charge in [-0.2, -0.15) is 8.42 Å². The zero-order valence-electron chi connectivity index (χ0n) is 17.8. The summed E-state index contributed by atoms with van der Waals surface area (Å²) in [5.74, 6) is -1.02. The number of carboxylic acids is 1. The van der Waals surface area contributed by atoms with Gasteiger partial charge in [0.2, 0.25) is 0 Å². The molecule has 0 amide bonds. The van der Waals surface area contributed by atoms with Gasteiger partial charge < -0.3 is 15.3 Å². The summed E-state index contributed by atoms with van der Waals surface area (Å²) in [5.41, 5.74) is 1.19. The molecule has 0 aromatic heterocycles. The zero-order valence-corrected chi connectivity index (χ0v) is 18.6. The maximum Gasteiger partial charge on any atom is 0.335 e. The molecule has 3 atom stereocenters. The molecular weight excluding hydrogens is 432 g/mol. The summed E-state index contributed by atoms with van der Waals surface area (Å²) < 4.78 is 29.2. The molecule has 8 heteroatoms. The van der Waals surface area contributed by atoms with Gasteiger partial charge in [-0.25, -0.2) is 4.79 Å². The maximum absolute atomic E-state index is 10.4. The Morgan fingerprint density at radius 2 is 1.16 bits per heavy atom. The molecule has 0 bridgehead atoms. The normalized spacial score (nSPS) is 13.3. The molecule has 0 radical (unpaired) electrons. The average molecular weight is 461 g/mol. The Morgan fingerprint density at radius 3 is 1.47 bits per heavy atom. The quantitative estimate of drug-likeness (QED) is 0.422. The third-order valence-electron chi connectivity index (χ3n) is 4.46. The highest BCUT2D eigenvalue weighted by Gasteiger charge is 2.20. The molecule has 0 aliphatic heterocycles. The molecule has 0 aliphatic carbocycles. The third-order valence-corrected chi connectivity index (χ3v) is 5.33. The lowest BCUT2D eigenvalue weighted by Gasteiger charge is -2.21. The van der Waals surface area contributed by atoms with Crippen molar-refractivity contribution in [1.29, 1.82) is 0 Å². The second-order valence-corrected chi connectivity index (χ2v) is 8.34. The van der Waals surface area contributed by atoms with E-state index in [0.29, 0.717) is 5.56 Å². The Kier molecular flexibility index (Phi) is 11.3. The van der Waals surface area contributed by atoms with Crippen LogP contribution in [-0.4, -0.2) is 40.4 Å². The van der Waals surface area contributed by atoms with E-state index in [2.05, 4.69) is 0 Å². The fourth-order valence-corrected chi connectivity index (χ4v) is 2.89. The van der Waals surface area contributed by atoms with E-state index in [1.165, 1.54) is 12.1 Å². The lowest BCUT2D eigenvalue weighted by Crippen LogP contribution is -2.20. The van der Waals surface area contributed by atoms with Crippen LogP contribution in [0.2, 0.25) is 0 Å². The van der Waals surface area contributed by atoms with Crippen molar-refractivity contribution in [2.75, 3.05) is 0 Å². The second-order valence-electron chi connectivity index (χ2n) is 6.91. The number of rotatable bonds is 5. The number of hydrogen-bond acceptors (Lipinski definition) is 5. The van der Waals surface area contributed by atoms with Gasteiger partial charge in [0.05, 0.1) is 22.7 Å². The SMILES string of the molecule is CC(O)C(C)C(O)c1ccccc1.O=C(O)c1ccccc1.O=S(=O)(O)c1ccccc1. The van der Waals surface area contributed by atoms with Crippen molar-refractivity contribution in [3.8, 4) is 0 Å². The van der Waals surface area contributed by atoms with Crippen LogP contribution in [0, 0.1) is 5.92 Å². The molecule has 3 rings (SSSR count). The molecule has 0 aliphatic rings. The van der Waals surface area contributed by atoms with Crippen molar-refractivity contribution in [2.45, 2.75) is 31.0 Å². The second kappa shape index (κ2) is 13.4. The smallest absolute Gasteiger partial charge is 0.335 e. The van der Waals surface area contributed by atoms with Gasteiger partial charge in [0.1, 0.15) is 0 Å². The standard InChI is InChI=1S/C11H16O2.C7H6O2.C6H6O3S/c1-8(9(2)12)11(13)10-6-4-3-5-7-10;8-7(9)6-4-2-1-3-5-6;7-10(8,9)6-4-2-1-3-5-6/h3-9,11-13H,1-2H3;1-5H,(H,8,9);1-5H,(H,7,8,9). The molecule has 0 spiro atoms. The summed E-state index contributed by atoms with van der Waals surface area (Å²) in [4.78, 5) is 10.1. The van der Waals surface area contributed by atoms with Crippen LogP contribution in [0.4, 0.5) is 0 Å². The predicted octanol–water partition coefficient (Wildman–Crippen LogP) is 4.06. The van der Waals surface area contributed by atoms with E-state index in [4.69, 9.17) is 9.66 Å². The summed E-state index contributed by atoms with van der Waals surface area (Å²) in [6.45, 7) is 3.53. The number of carboxylic acid groups (broad SMARTS) is 1. The lowest BCUT2D eigenvalue weighted by molar-refractivity contribution is 0.0307. The molecule has 0 saturated carbocycles. The van der Waals surface area contributed by atoms with Crippen molar-refractivity contribution in [3.63, 3.8) is 0 Å². The third kappa shape index (κ3) is 9.84. The van der Waals surface area contributed by atoms with E-state index in [0.717, 1.165) is 5.56 Å². The van der Waals surface area contributed by atoms with E-state index in [9.17, 15) is 23.4 Å². The van der Waals surface area contributed by atoms with E-state index in [1.54, 1.807) is 55.5 Å². The lowest BCUT2D eigenvalue weighted by atomic mass is 9.93. The minimum absolute atomic E-state index is 0.0741. The number of benzene rings is 3. The average Bonchev–Trinajstić information content (AvgIpc) is 2.80. The van der Waals surface area contributed by atoms with Crippen molar-refractivity contribution in [3.05, 3.63) is 102 Å². The number of aromatic carboxylic acids is 1. The van der Waals surface area contributed by atoms with Crippen LogP contribution in [0.25, 0.3) is 0 Å². The molecule has 7 nitrogen and oxygen atoms in total. The predicted molar refractivity (Wildman–Crippen MR) is 122 cm³/mol. The number of aliphatic hydroxyl groups is 2. The van der Waals surface area contributed by atoms with Gasteiger partial charge in [0, 0.05) is 5.92 Å². The van der Waals surface area contributed by atoms with Crippen LogP contribution < -0.4 is 0 Å². The Bertz CT molecular complexity index is 1020. The van der Waals surface area contributed by atoms with Crippen LogP contribution in [-0.2, 0) is 10.1 Å². The number of aliphatic hydroxyl groups excluding tert-OH is 2. The van der Waals surface area contributed by atoms with Gasteiger partial charge in [-0.3, -0.25) is 4.55 Å². The molecule has 32 heavy (non-hydrogen) atoms. The molecule has 3 aromatic rings. The van der Waals surface area contributed by atoms with Crippen molar-refractivity contribution in [2.24, 2.45) is 5.92 Å². The highest BCUT2D eigenvalue weighted by molar-refractivity contribution is 7.85. The first-order chi connectivity index (χ1) is 15.0. The number of hydrogen-bond donors (Lipinski definition) is 4. The summed E-state index contributed by atoms with van der Waals surface area (Å²) in [5, 5.41) is 27.5. The summed E-state index contributed by atoms with van der Waals surface area (Å²) in [6, 6.07) is 25.1. The molecule has 0 saturated heterocycles. The summed E-state index contributed by atoms with van der Waals surface area (Å²) in [6.07, 6.45) is -1.07. The van der Waals surface area contributed by atoms with E-state index >= 15 is 0 Å². The Hall–Kier alpha value is -3.04. The molecule has 3 unspecified atom stereocenters. The van der Waals surface area contributed by atoms with Crippen LogP contribution in [0.15, 0.2) is 95.9 Å². The first kappa shape index (κ1) is 27.0. The molecule has 4 N–H and O–H groups in total. The highest BCUT2D eigenvalue weighted by atomic mass is 32.2. The summed E-state index contributed by atoms with van der Waals surface area (Å²) in [7, 11) is -4.00. The fraction of sp³-hybridized carbons (Fsp3) is 0.208. The van der Waals surface area contributed by atoms with Crippen molar-refractivity contribution < 1.29 is 33.1 Å². The largest absolute Gasteiger partial charge is 0.478 e. The van der Waals surface area contributed by atoms with Gasteiger partial charge in [0.15, 0.2) is 0 Å². The van der Waals surface area contributed by atoms with Crippen LogP contribution >= 0.6 is 0 Å². The maximum atomic E-state index is 10.4. The molecule has 0 fully saturated rings. The first-order valence-corrected chi connectivity index (χ1v) is 11.2. The van der Waals surface area contributed by atoms with Crippen LogP contribution in [0.3, 0.4) is 0 Å². The zero-order chi connectivity index (χ0) is 24.1. The minimum Gasteiger partial charge on any atom is -0.478 e. The summed E-state index contributed by atoms with van der Waals surface area (Å²) >= 11 is 0. The van der Waals surface area contributed by atoms with Crippen molar-refractivity contribution in [1.82, 2.24) is 0 Å². The van der Waals surface area contributed by atoms with Gasteiger partial charge in [0.25, 0.3) is 10.1 Å². The Morgan fingerprint density at radius 1 is 0.750 bits per heavy atom. The van der Waals surface area contributed by atoms with Gasteiger partial charge in [-0.15, -0.1) is 0 Å². The monoisotopic (exact) mass is 460 g/mol. The Labute approximate surface area is 188 Å². The van der Waals surface area contributed by atoms with Gasteiger partial charge in [-0.1, -0.05) is 73.7 Å². The first-order valence-electron chi connectivity index (χ1n) is 9.76. The fourth-order valence-electron chi connectivity index (χ4n) is 2.39. The number of carbonyl (C=O) groups is 1. The Balaban J connectivity index is 0.000000245.